The van der Waals surface area contributed by atoms with Gasteiger partial charge in [0.15, 0.2) is 6.61 Å². The van der Waals surface area contributed by atoms with Crippen LogP contribution in [0.3, 0.4) is 0 Å². The van der Waals surface area contributed by atoms with Gasteiger partial charge in [0.1, 0.15) is 5.82 Å². The molecule has 1 aliphatic heterocycles. The zero-order chi connectivity index (χ0) is 21.7. The summed E-state index contributed by atoms with van der Waals surface area (Å²) in [7, 11) is 1.49. The molecule has 0 radical (unpaired) electrons. The molecular weight excluding hydrogens is 393 g/mol. The maximum absolute atomic E-state index is 13.0. The van der Waals surface area contributed by atoms with Gasteiger partial charge in [-0.2, -0.15) is 0 Å². The van der Waals surface area contributed by atoms with E-state index in [4.69, 9.17) is 4.74 Å². The summed E-state index contributed by atoms with van der Waals surface area (Å²) in [6.45, 7) is 0.272. The molecule has 9 heteroatoms. The molecule has 30 heavy (non-hydrogen) atoms. The van der Waals surface area contributed by atoms with Crippen LogP contribution in [0.1, 0.15) is 36.0 Å². The summed E-state index contributed by atoms with van der Waals surface area (Å²) in [5, 5.41) is 2.79. The second-order valence-electron chi connectivity index (χ2n) is 7.77. The lowest BCUT2D eigenvalue weighted by Crippen LogP contribution is -2.42. The number of nitrogens with one attached hydrogen (secondary N) is 1. The molecular formula is C21H26FN3O5. The van der Waals surface area contributed by atoms with Crippen molar-refractivity contribution < 1.29 is 28.3 Å². The van der Waals surface area contributed by atoms with Gasteiger partial charge in [0.05, 0.1) is 12.5 Å². The number of likely N-dealkylation sites (N-methyl/N-ethyl adjacent to an activating group) is 1. The van der Waals surface area contributed by atoms with Gasteiger partial charge in [-0.3, -0.25) is 19.2 Å². The summed E-state index contributed by atoms with van der Waals surface area (Å²) in [6.07, 6.45) is 2.80. The van der Waals surface area contributed by atoms with Gasteiger partial charge in [0.2, 0.25) is 5.91 Å². The quantitative estimate of drug-likeness (QED) is 0.664. The van der Waals surface area contributed by atoms with Crippen LogP contribution in [-0.2, 0) is 19.1 Å². The van der Waals surface area contributed by atoms with E-state index in [1.54, 1.807) is 4.90 Å². The summed E-state index contributed by atoms with van der Waals surface area (Å²) in [4.78, 5) is 51.4. The molecule has 3 amide bonds. The topological polar surface area (TPSA) is 96.0 Å². The van der Waals surface area contributed by atoms with Crippen molar-refractivity contribution in [3.8, 4) is 0 Å². The molecule has 1 saturated carbocycles. The number of esters is 1. The maximum Gasteiger partial charge on any atom is 0.309 e. The zero-order valence-corrected chi connectivity index (χ0v) is 16.9. The van der Waals surface area contributed by atoms with E-state index in [0.717, 1.165) is 12.8 Å². The minimum absolute atomic E-state index is 0.0726. The number of hydrogen-bond acceptors (Lipinski definition) is 5. The Morgan fingerprint density at radius 3 is 2.33 bits per heavy atom. The first-order valence-corrected chi connectivity index (χ1v) is 10.1. The predicted octanol–water partition coefficient (Wildman–Crippen LogP) is 0.958. The molecule has 1 aliphatic carbocycles. The summed E-state index contributed by atoms with van der Waals surface area (Å²) in [5.74, 6) is -2.15. The molecule has 0 aromatic heterocycles. The highest BCUT2D eigenvalue weighted by molar-refractivity contribution is 5.94. The monoisotopic (exact) mass is 419 g/mol. The molecule has 1 aromatic rings. The Morgan fingerprint density at radius 2 is 1.73 bits per heavy atom. The molecule has 1 N–H and O–H groups in total. The Morgan fingerprint density at radius 1 is 1.10 bits per heavy atom. The van der Waals surface area contributed by atoms with Crippen LogP contribution >= 0.6 is 0 Å². The molecule has 0 atom stereocenters. The minimum Gasteiger partial charge on any atom is -0.455 e. The fourth-order valence-electron chi connectivity index (χ4n) is 3.26. The Balaban J connectivity index is 1.38. The van der Waals surface area contributed by atoms with Crippen molar-refractivity contribution >= 4 is 23.7 Å². The molecule has 1 saturated heterocycles. The van der Waals surface area contributed by atoms with Gasteiger partial charge in [0, 0.05) is 31.7 Å². The number of amides is 3. The molecule has 162 valence electrons. The average Bonchev–Trinajstić information content (AvgIpc) is 3.55. The lowest BCUT2D eigenvalue weighted by Gasteiger charge is -2.31. The normalized spacial score (nSPS) is 16.7. The smallest absolute Gasteiger partial charge is 0.309 e. The largest absolute Gasteiger partial charge is 0.455 e. The number of benzene rings is 1. The number of rotatable bonds is 7. The summed E-state index contributed by atoms with van der Waals surface area (Å²) in [6, 6.07) is 5.57. The molecule has 2 aliphatic rings. The second-order valence-corrected chi connectivity index (χ2v) is 7.77. The van der Waals surface area contributed by atoms with Crippen LogP contribution in [0, 0.1) is 11.7 Å². The van der Waals surface area contributed by atoms with E-state index in [2.05, 4.69) is 5.32 Å². The summed E-state index contributed by atoms with van der Waals surface area (Å²) < 4.78 is 18.1. The van der Waals surface area contributed by atoms with Crippen molar-refractivity contribution in [2.45, 2.75) is 31.7 Å². The van der Waals surface area contributed by atoms with E-state index in [9.17, 15) is 23.6 Å². The van der Waals surface area contributed by atoms with Gasteiger partial charge in [-0.25, -0.2) is 4.39 Å². The summed E-state index contributed by atoms with van der Waals surface area (Å²) >= 11 is 0. The van der Waals surface area contributed by atoms with Gasteiger partial charge >= 0.3 is 5.97 Å². The average molecular weight is 419 g/mol. The number of carbonyl (C=O) groups is 4. The highest BCUT2D eigenvalue weighted by atomic mass is 19.1. The molecule has 1 aromatic carbocycles. The van der Waals surface area contributed by atoms with E-state index in [0.29, 0.717) is 31.5 Å². The van der Waals surface area contributed by atoms with Crippen molar-refractivity contribution in [1.29, 1.82) is 0 Å². The first-order chi connectivity index (χ1) is 14.3. The maximum atomic E-state index is 13.0. The molecule has 0 spiro atoms. The SMILES string of the molecule is CN(CC(=O)NC1CC1)C(=O)COC(=O)C1CCN(C(=O)c2ccc(F)cc2)CC1. The van der Waals surface area contributed by atoms with Crippen molar-refractivity contribution in [2.75, 3.05) is 33.3 Å². The minimum atomic E-state index is -0.479. The Bertz CT molecular complexity index is 801. The number of piperidine rings is 1. The number of halogens is 1. The number of carbonyl (C=O) groups excluding carboxylic acids is 4. The summed E-state index contributed by atoms with van der Waals surface area (Å²) in [5.41, 5.74) is 0.400. The van der Waals surface area contributed by atoms with Crippen LogP contribution in [0.25, 0.3) is 0 Å². The number of likely N-dealkylation sites (tertiary alicyclic amines) is 1. The predicted molar refractivity (Wildman–Crippen MR) is 105 cm³/mol. The van der Waals surface area contributed by atoms with Crippen LogP contribution in [0.15, 0.2) is 24.3 Å². The van der Waals surface area contributed by atoms with Crippen LogP contribution in [0.4, 0.5) is 4.39 Å². The van der Waals surface area contributed by atoms with Crippen LogP contribution in [0.5, 0.6) is 0 Å². The lowest BCUT2D eigenvalue weighted by atomic mass is 9.96. The zero-order valence-electron chi connectivity index (χ0n) is 16.9. The van der Waals surface area contributed by atoms with Crippen molar-refractivity contribution in [1.82, 2.24) is 15.1 Å². The highest BCUT2D eigenvalue weighted by Gasteiger charge is 2.30. The van der Waals surface area contributed by atoms with Gasteiger partial charge in [-0.1, -0.05) is 0 Å². The second kappa shape index (κ2) is 9.69. The number of ether oxygens (including phenoxy) is 1. The van der Waals surface area contributed by atoms with Crippen molar-refractivity contribution in [2.24, 2.45) is 5.92 Å². The standard InChI is InChI=1S/C21H26FN3O5/c1-24(12-18(26)23-17-6-7-17)19(27)13-30-21(29)15-8-10-25(11-9-15)20(28)14-2-4-16(22)5-3-14/h2-5,15,17H,6-13H2,1H3,(H,23,26). The highest BCUT2D eigenvalue weighted by Crippen LogP contribution is 2.21. The fraction of sp³-hybridized carbons (Fsp3) is 0.524. The van der Waals surface area contributed by atoms with E-state index in [1.165, 1.54) is 36.2 Å². The van der Waals surface area contributed by atoms with Crippen molar-refractivity contribution in [3.63, 3.8) is 0 Å². The third-order valence-corrected chi connectivity index (χ3v) is 5.29. The van der Waals surface area contributed by atoms with Gasteiger partial charge in [0.25, 0.3) is 11.8 Å². The molecule has 0 bridgehead atoms. The molecule has 2 fully saturated rings. The van der Waals surface area contributed by atoms with Gasteiger partial charge in [-0.15, -0.1) is 0 Å². The number of hydrogen-bond donors (Lipinski definition) is 1. The first-order valence-electron chi connectivity index (χ1n) is 10.1. The molecule has 1 heterocycles. The van der Waals surface area contributed by atoms with Crippen LogP contribution < -0.4 is 5.32 Å². The fourth-order valence-corrected chi connectivity index (χ4v) is 3.26. The Hall–Kier alpha value is -2.97. The molecule has 0 unspecified atom stereocenters. The van der Waals surface area contributed by atoms with Crippen LogP contribution in [-0.4, -0.2) is 72.8 Å². The third kappa shape index (κ3) is 6.01. The van der Waals surface area contributed by atoms with Crippen molar-refractivity contribution in [3.05, 3.63) is 35.6 Å². The third-order valence-electron chi connectivity index (χ3n) is 5.29. The van der Waals surface area contributed by atoms with E-state index in [1.807, 2.05) is 0 Å². The Labute approximate surface area is 174 Å². The van der Waals surface area contributed by atoms with Gasteiger partial charge < -0.3 is 19.9 Å². The van der Waals surface area contributed by atoms with E-state index < -0.39 is 30.2 Å². The van der Waals surface area contributed by atoms with Gasteiger partial charge in [-0.05, 0) is 49.9 Å². The Kier molecular flexibility index (Phi) is 7.02. The van der Waals surface area contributed by atoms with E-state index >= 15 is 0 Å². The number of nitrogens with zero attached hydrogens (tertiary/aromatic N) is 2. The molecule has 3 rings (SSSR count). The molecule has 8 nitrogen and oxygen atoms in total. The van der Waals surface area contributed by atoms with Crippen LogP contribution in [0.2, 0.25) is 0 Å². The lowest BCUT2D eigenvalue weighted by molar-refractivity contribution is -0.156. The van der Waals surface area contributed by atoms with E-state index in [-0.39, 0.29) is 24.4 Å². The first kappa shape index (κ1) is 21.7.